The van der Waals surface area contributed by atoms with E-state index in [4.69, 9.17) is 9.47 Å². The summed E-state index contributed by atoms with van der Waals surface area (Å²) in [6, 6.07) is 2.53. The van der Waals surface area contributed by atoms with Gasteiger partial charge in [0.25, 0.3) is 0 Å². The fourth-order valence-corrected chi connectivity index (χ4v) is 1.91. The number of ether oxygens (including phenoxy) is 2. The molecule has 0 aliphatic carbocycles. The number of carboxylic acid groups (broad SMARTS) is 2. The molecule has 1 aliphatic heterocycles. The first-order valence-electron chi connectivity index (χ1n) is 6.62. The van der Waals surface area contributed by atoms with E-state index in [-0.39, 0.29) is 23.4 Å². The van der Waals surface area contributed by atoms with E-state index >= 15 is 0 Å². The highest BCUT2D eigenvalue weighted by Crippen LogP contribution is 2.35. The molecule has 1 amide bonds. The molecule has 8 heteroatoms. The Morgan fingerprint density at radius 2 is 1.68 bits per heavy atom. The summed E-state index contributed by atoms with van der Waals surface area (Å²) in [5.74, 6) is -2.96. The van der Waals surface area contributed by atoms with Gasteiger partial charge in [0.05, 0.1) is 24.9 Å². The number of fused-ring (bicyclic) bond motifs is 1. The summed E-state index contributed by atoms with van der Waals surface area (Å²) < 4.78 is 10.8. The van der Waals surface area contributed by atoms with Crippen molar-refractivity contribution in [3.8, 4) is 11.5 Å². The standard InChI is InChI=1S/C14H15NO7/c16-12(2-3-13(17)18)15-9-7-11-10(6-8(9)14(19)20)21-4-1-5-22-11/h6-7H,1-5H2,(H,15,16)(H,17,18)(H,19,20)/p-2. The highest BCUT2D eigenvalue weighted by molar-refractivity contribution is 6.01. The van der Waals surface area contributed by atoms with Crippen molar-refractivity contribution in [3.05, 3.63) is 17.7 Å². The lowest BCUT2D eigenvalue weighted by Crippen LogP contribution is -2.26. The van der Waals surface area contributed by atoms with Crippen LogP contribution in [0.15, 0.2) is 12.1 Å². The van der Waals surface area contributed by atoms with E-state index in [0.717, 1.165) is 0 Å². The molecule has 0 radical (unpaired) electrons. The lowest BCUT2D eigenvalue weighted by atomic mass is 10.1. The van der Waals surface area contributed by atoms with Gasteiger partial charge in [-0.15, -0.1) is 0 Å². The fraction of sp³-hybridized carbons (Fsp3) is 0.357. The van der Waals surface area contributed by atoms with Crippen molar-refractivity contribution in [2.45, 2.75) is 19.3 Å². The van der Waals surface area contributed by atoms with Gasteiger partial charge in [0.2, 0.25) is 5.91 Å². The van der Waals surface area contributed by atoms with Crippen LogP contribution >= 0.6 is 0 Å². The highest BCUT2D eigenvalue weighted by atomic mass is 16.5. The Morgan fingerprint density at radius 3 is 2.27 bits per heavy atom. The molecule has 0 unspecified atom stereocenters. The number of nitrogens with one attached hydrogen (secondary N) is 1. The van der Waals surface area contributed by atoms with Gasteiger partial charge in [0.1, 0.15) is 0 Å². The van der Waals surface area contributed by atoms with Gasteiger partial charge in [-0.25, -0.2) is 0 Å². The highest BCUT2D eigenvalue weighted by Gasteiger charge is 2.17. The second-order valence-electron chi connectivity index (χ2n) is 4.60. The topological polar surface area (TPSA) is 128 Å². The Balaban J connectivity index is 2.25. The number of carboxylic acids is 2. The van der Waals surface area contributed by atoms with Crippen LogP contribution in [0.1, 0.15) is 29.6 Å². The minimum atomic E-state index is -1.49. The minimum Gasteiger partial charge on any atom is -0.550 e. The molecule has 0 saturated heterocycles. The predicted octanol–water partition coefficient (Wildman–Crippen LogP) is -1.32. The van der Waals surface area contributed by atoms with Gasteiger partial charge in [0, 0.05) is 30.4 Å². The smallest absolute Gasteiger partial charge is 0.224 e. The van der Waals surface area contributed by atoms with Crippen molar-refractivity contribution in [1.82, 2.24) is 0 Å². The maximum atomic E-state index is 11.6. The van der Waals surface area contributed by atoms with Gasteiger partial charge in [-0.05, 0) is 12.5 Å². The Kier molecular flexibility index (Phi) is 4.82. The monoisotopic (exact) mass is 307 g/mol. The first kappa shape index (κ1) is 15.6. The number of hydrogen-bond donors (Lipinski definition) is 1. The number of carbonyl (C=O) groups excluding carboxylic acids is 3. The minimum absolute atomic E-state index is 0.0346. The first-order valence-corrected chi connectivity index (χ1v) is 6.62. The van der Waals surface area contributed by atoms with Crippen LogP contribution in [0.2, 0.25) is 0 Å². The number of benzene rings is 1. The van der Waals surface area contributed by atoms with Crippen molar-refractivity contribution in [1.29, 1.82) is 0 Å². The van der Waals surface area contributed by atoms with Gasteiger partial charge >= 0.3 is 0 Å². The van der Waals surface area contributed by atoms with Gasteiger partial charge < -0.3 is 34.6 Å². The molecule has 0 bridgehead atoms. The summed E-state index contributed by atoms with van der Waals surface area (Å²) in [4.78, 5) is 33.1. The summed E-state index contributed by atoms with van der Waals surface area (Å²) in [5.41, 5.74) is -0.307. The average Bonchev–Trinajstić information content (AvgIpc) is 2.68. The number of aromatic carboxylic acids is 1. The average molecular weight is 307 g/mol. The molecule has 22 heavy (non-hydrogen) atoms. The zero-order valence-electron chi connectivity index (χ0n) is 11.5. The maximum absolute atomic E-state index is 11.6. The van der Waals surface area contributed by atoms with E-state index in [1.165, 1.54) is 12.1 Å². The molecule has 2 rings (SSSR count). The number of aliphatic carboxylic acids is 1. The van der Waals surface area contributed by atoms with Crippen molar-refractivity contribution in [2.24, 2.45) is 0 Å². The molecule has 8 nitrogen and oxygen atoms in total. The van der Waals surface area contributed by atoms with E-state index in [1.54, 1.807) is 0 Å². The number of hydrogen-bond acceptors (Lipinski definition) is 7. The zero-order chi connectivity index (χ0) is 16.1. The van der Waals surface area contributed by atoms with Crippen LogP contribution in [-0.2, 0) is 9.59 Å². The second-order valence-corrected chi connectivity index (χ2v) is 4.60. The Hall–Kier alpha value is -2.77. The Morgan fingerprint density at radius 1 is 1.05 bits per heavy atom. The van der Waals surface area contributed by atoms with Crippen molar-refractivity contribution >= 4 is 23.5 Å². The van der Waals surface area contributed by atoms with E-state index < -0.39 is 24.3 Å². The molecule has 0 spiro atoms. The molecule has 1 aliphatic rings. The number of carbonyl (C=O) groups is 3. The van der Waals surface area contributed by atoms with Gasteiger partial charge in [-0.2, -0.15) is 0 Å². The summed E-state index contributed by atoms with van der Waals surface area (Å²) in [6.07, 6.45) is -0.150. The molecule has 1 aromatic rings. The molecular formula is C14H13NO7-2. The van der Waals surface area contributed by atoms with Crippen molar-refractivity contribution < 1.29 is 34.1 Å². The maximum Gasteiger partial charge on any atom is 0.224 e. The third-order valence-corrected chi connectivity index (χ3v) is 2.94. The lowest BCUT2D eigenvalue weighted by Gasteiger charge is -2.16. The lowest BCUT2D eigenvalue weighted by molar-refractivity contribution is -0.305. The quantitative estimate of drug-likeness (QED) is 0.714. The van der Waals surface area contributed by atoms with Crippen LogP contribution in [0.5, 0.6) is 11.5 Å². The molecule has 118 valence electrons. The van der Waals surface area contributed by atoms with Crippen molar-refractivity contribution in [3.63, 3.8) is 0 Å². The summed E-state index contributed by atoms with van der Waals surface area (Å²) in [6.45, 7) is 0.784. The molecule has 0 atom stereocenters. The van der Waals surface area contributed by atoms with Crippen LogP contribution in [0.4, 0.5) is 5.69 Å². The third-order valence-electron chi connectivity index (χ3n) is 2.94. The second kappa shape index (κ2) is 6.79. The van der Waals surface area contributed by atoms with Crippen LogP contribution in [0.3, 0.4) is 0 Å². The predicted molar refractivity (Wildman–Crippen MR) is 69.3 cm³/mol. The molecule has 0 aromatic heterocycles. The summed E-state index contributed by atoms with van der Waals surface area (Å²) in [7, 11) is 0. The first-order chi connectivity index (χ1) is 10.5. The molecule has 0 saturated carbocycles. The summed E-state index contributed by atoms with van der Waals surface area (Å²) in [5, 5.41) is 23.8. The summed E-state index contributed by atoms with van der Waals surface area (Å²) >= 11 is 0. The molecular weight excluding hydrogens is 294 g/mol. The molecule has 1 heterocycles. The molecule has 0 fully saturated rings. The van der Waals surface area contributed by atoms with Crippen LogP contribution < -0.4 is 25.0 Å². The van der Waals surface area contributed by atoms with Gasteiger partial charge in [-0.3, -0.25) is 4.79 Å². The fourth-order valence-electron chi connectivity index (χ4n) is 1.91. The van der Waals surface area contributed by atoms with E-state index in [2.05, 4.69) is 5.32 Å². The van der Waals surface area contributed by atoms with Gasteiger partial charge in [-0.1, -0.05) is 0 Å². The Labute approximate surface area is 125 Å². The number of anilines is 1. The van der Waals surface area contributed by atoms with Crippen LogP contribution in [-0.4, -0.2) is 31.1 Å². The molecule has 1 N–H and O–H groups in total. The molecule has 1 aromatic carbocycles. The normalized spacial score (nSPS) is 13.1. The number of rotatable bonds is 5. The van der Waals surface area contributed by atoms with Crippen molar-refractivity contribution in [2.75, 3.05) is 18.5 Å². The Bertz CT molecular complexity index is 611. The van der Waals surface area contributed by atoms with Crippen LogP contribution in [0, 0.1) is 0 Å². The number of amides is 1. The van der Waals surface area contributed by atoms with Gasteiger partial charge in [0.15, 0.2) is 11.5 Å². The SMILES string of the molecule is O=C([O-])CCC(=O)Nc1cc2c(cc1C(=O)[O-])OCCCO2. The van der Waals surface area contributed by atoms with E-state index in [0.29, 0.717) is 25.4 Å². The van der Waals surface area contributed by atoms with E-state index in [1.807, 2.05) is 0 Å². The van der Waals surface area contributed by atoms with E-state index in [9.17, 15) is 24.6 Å². The largest absolute Gasteiger partial charge is 0.550 e. The zero-order valence-corrected chi connectivity index (χ0v) is 11.5. The third kappa shape index (κ3) is 3.87. The van der Waals surface area contributed by atoms with Crippen LogP contribution in [0.25, 0.3) is 0 Å².